The Morgan fingerprint density at radius 2 is 1.77 bits per heavy atom. The highest BCUT2D eigenvalue weighted by molar-refractivity contribution is 4.65. The summed E-state index contributed by atoms with van der Waals surface area (Å²) in [4.78, 5) is 9.42. The molecule has 0 spiro atoms. The zero-order chi connectivity index (χ0) is 10.2. The van der Waals surface area contributed by atoms with Crippen LogP contribution in [0.25, 0.3) is 0 Å². The lowest BCUT2D eigenvalue weighted by Crippen LogP contribution is -2.24. The second-order valence-corrected chi connectivity index (χ2v) is 3.89. The van der Waals surface area contributed by atoms with Crippen molar-refractivity contribution in [1.29, 1.82) is 0 Å². The number of hydrogen-bond donors (Lipinski definition) is 0. The van der Waals surface area contributed by atoms with E-state index in [0.717, 1.165) is 6.42 Å². The molecule has 0 saturated heterocycles. The zero-order valence-electron chi connectivity index (χ0n) is 9.26. The summed E-state index contributed by atoms with van der Waals surface area (Å²) in [6.07, 6.45) is 5.98. The molecule has 80 valence electrons. The standard InChI is InChI=1S/C10H22O3/c1-5-6-7-8-9-10(2,3)12-13-11-4/h5-9H2,1-4H3. The first kappa shape index (κ1) is 12.9. The van der Waals surface area contributed by atoms with Gasteiger partial charge in [0, 0.05) is 0 Å². The van der Waals surface area contributed by atoms with Crippen molar-refractivity contribution in [2.75, 3.05) is 7.11 Å². The lowest BCUT2D eigenvalue weighted by Gasteiger charge is -2.21. The SMILES string of the molecule is CCCCCCC(C)(C)OOOC. The molecule has 0 aliphatic heterocycles. The van der Waals surface area contributed by atoms with Gasteiger partial charge >= 0.3 is 0 Å². The van der Waals surface area contributed by atoms with E-state index in [2.05, 4.69) is 16.8 Å². The van der Waals surface area contributed by atoms with Crippen molar-refractivity contribution in [3.05, 3.63) is 0 Å². The van der Waals surface area contributed by atoms with Crippen LogP contribution in [-0.2, 0) is 14.8 Å². The van der Waals surface area contributed by atoms with Gasteiger partial charge in [-0.3, -0.25) is 0 Å². The lowest BCUT2D eigenvalue weighted by molar-refractivity contribution is -0.532. The molecule has 0 aromatic heterocycles. The van der Waals surface area contributed by atoms with Crippen molar-refractivity contribution >= 4 is 0 Å². The zero-order valence-corrected chi connectivity index (χ0v) is 9.26. The van der Waals surface area contributed by atoms with Crippen molar-refractivity contribution in [2.45, 2.75) is 58.5 Å². The second-order valence-electron chi connectivity index (χ2n) is 3.89. The minimum atomic E-state index is -0.246. The predicted molar refractivity (Wildman–Crippen MR) is 52.0 cm³/mol. The molecule has 0 aromatic carbocycles. The van der Waals surface area contributed by atoms with Gasteiger partial charge in [-0.05, 0) is 20.3 Å². The van der Waals surface area contributed by atoms with E-state index in [4.69, 9.17) is 4.89 Å². The second kappa shape index (κ2) is 7.30. The molecule has 3 nitrogen and oxygen atoms in total. The molecule has 0 unspecified atom stereocenters. The van der Waals surface area contributed by atoms with E-state index in [0.29, 0.717) is 0 Å². The summed E-state index contributed by atoms with van der Waals surface area (Å²) in [5.74, 6) is 0. The molecular weight excluding hydrogens is 168 g/mol. The Hall–Kier alpha value is -0.120. The maximum atomic E-state index is 5.04. The van der Waals surface area contributed by atoms with Crippen LogP contribution in [0.1, 0.15) is 52.9 Å². The van der Waals surface area contributed by atoms with Crippen LogP contribution in [0.15, 0.2) is 0 Å². The van der Waals surface area contributed by atoms with Crippen molar-refractivity contribution < 1.29 is 14.8 Å². The molecule has 0 amide bonds. The van der Waals surface area contributed by atoms with E-state index in [9.17, 15) is 0 Å². The first-order chi connectivity index (χ1) is 6.12. The molecule has 0 heterocycles. The van der Waals surface area contributed by atoms with Gasteiger partial charge in [-0.2, -0.15) is 0 Å². The third-order valence-corrected chi connectivity index (χ3v) is 1.96. The monoisotopic (exact) mass is 190 g/mol. The molecule has 0 saturated carbocycles. The Morgan fingerprint density at radius 3 is 2.31 bits per heavy atom. The Balaban J connectivity index is 3.39. The van der Waals surface area contributed by atoms with Crippen LogP contribution in [0, 0.1) is 0 Å². The fourth-order valence-electron chi connectivity index (χ4n) is 1.15. The highest BCUT2D eigenvalue weighted by Gasteiger charge is 2.19. The molecule has 0 rings (SSSR count). The van der Waals surface area contributed by atoms with Gasteiger partial charge in [0.05, 0.1) is 7.11 Å². The van der Waals surface area contributed by atoms with Crippen LogP contribution < -0.4 is 0 Å². The minimum Gasteiger partial charge on any atom is -0.210 e. The van der Waals surface area contributed by atoms with Crippen molar-refractivity contribution in [3.63, 3.8) is 0 Å². The van der Waals surface area contributed by atoms with E-state index < -0.39 is 0 Å². The number of unbranched alkanes of at least 4 members (excludes halogenated alkanes) is 3. The van der Waals surface area contributed by atoms with Gasteiger partial charge in [0.15, 0.2) is 0 Å². The molecule has 3 heteroatoms. The Labute approximate surface area is 81.2 Å². The van der Waals surface area contributed by atoms with Gasteiger partial charge in [0.2, 0.25) is 0 Å². The number of hydrogen-bond acceptors (Lipinski definition) is 3. The van der Waals surface area contributed by atoms with Crippen LogP contribution in [0.3, 0.4) is 0 Å². The van der Waals surface area contributed by atoms with Crippen LogP contribution in [0.5, 0.6) is 0 Å². The summed E-state index contributed by atoms with van der Waals surface area (Å²) in [7, 11) is 1.44. The van der Waals surface area contributed by atoms with Gasteiger partial charge < -0.3 is 0 Å². The fraction of sp³-hybridized carbons (Fsp3) is 1.00. The summed E-state index contributed by atoms with van der Waals surface area (Å²) >= 11 is 0. The molecule has 0 aliphatic rings. The molecule has 13 heavy (non-hydrogen) atoms. The van der Waals surface area contributed by atoms with Crippen molar-refractivity contribution in [2.24, 2.45) is 0 Å². The Kier molecular flexibility index (Phi) is 7.23. The Morgan fingerprint density at radius 1 is 1.08 bits per heavy atom. The smallest absolute Gasteiger partial charge is 0.101 e. The summed E-state index contributed by atoms with van der Waals surface area (Å²) in [5, 5.41) is 4.46. The first-order valence-corrected chi connectivity index (χ1v) is 5.01. The van der Waals surface area contributed by atoms with Crippen molar-refractivity contribution in [1.82, 2.24) is 0 Å². The maximum absolute atomic E-state index is 5.04. The molecule has 0 fully saturated rings. The average molecular weight is 190 g/mol. The average Bonchev–Trinajstić information content (AvgIpc) is 2.09. The van der Waals surface area contributed by atoms with Gasteiger partial charge in [-0.25, -0.2) is 9.78 Å². The Bertz CT molecular complexity index is 113. The van der Waals surface area contributed by atoms with Gasteiger partial charge in [0.1, 0.15) is 5.60 Å². The molecule has 0 bridgehead atoms. The molecule has 0 aliphatic carbocycles. The quantitative estimate of drug-likeness (QED) is 0.334. The summed E-state index contributed by atoms with van der Waals surface area (Å²) in [6, 6.07) is 0. The third-order valence-electron chi connectivity index (χ3n) is 1.96. The number of rotatable bonds is 8. The van der Waals surface area contributed by atoms with Crippen molar-refractivity contribution in [3.8, 4) is 0 Å². The van der Waals surface area contributed by atoms with E-state index in [-0.39, 0.29) is 5.60 Å². The van der Waals surface area contributed by atoms with Gasteiger partial charge in [0.25, 0.3) is 0 Å². The fourth-order valence-corrected chi connectivity index (χ4v) is 1.15. The summed E-state index contributed by atoms with van der Waals surface area (Å²) < 4.78 is 0. The molecule has 0 aromatic rings. The van der Waals surface area contributed by atoms with E-state index in [1.807, 2.05) is 13.8 Å². The van der Waals surface area contributed by atoms with E-state index in [1.165, 1.54) is 32.8 Å². The predicted octanol–water partition coefficient (Wildman–Crippen LogP) is 3.25. The third kappa shape index (κ3) is 8.22. The normalized spacial score (nSPS) is 12.0. The van der Waals surface area contributed by atoms with E-state index >= 15 is 0 Å². The lowest BCUT2D eigenvalue weighted by atomic mass is 10.0. The highest BCUT2D eigenvalue weighted by Crippen LogP contribution is 2.19. The first-order valence-electron chi connectivity index (χ1n) is 5.01. The van der Waals surface area contributed by atoms with Crippen LogP contribution in [-0.4, -0.2) is 12.7 Å². The topological polar surface area (TPSA) is 27.7 Å². The van der Waals surface area contributed by atoms with Crippen LogP contribution in [0.4, 0.5) is 0 Å². The van der Waals surface area contributed by atoms with E-state index in [1.54, 1.807) is 0 Å². The molecule has 0 N–H and O–H groups in total. The van der Waals surface area contributed by atoms with Gasteiger partial charge in [-0.15, -0.1) is 0 Å². The highest BCUT2D eigenvalue weighted by atomic mass is 17.5. The molecular formula is C10H22O3. The summed E-state index contributed by atoms with van der Waals surface area (Å²) in [5.41, 5.74) is -0.246. The van der Waals surface area contributed by atoms with Crippen LogP contribution >= 0.6 is 0 Å². The largest absolute Gasteiger partial charge is 0.210 e. The van der Waals surface area contributed by atoms with Crippen LogP contribution in [0.2, 0.25) is 0 Å². The summed E-state index contributed by atoms with van der Waals surface area (Å²) in [6.45, 7) is 6.20. The molecule has 0 radical (unpaired) electrons. The molecule has 0 atom stereocenters. The van der Waals surface area contributed by atoms with Gasteiger partial charge in [-0.1, -0.05) is 37.6 Å². The maximum Gasteiger partial charge on any atom is 0.101 e. The minimum absolute atomic E-state index is 0.246.